The predicted molar refractivity (Wildman–Crippen MR) is 76.9 cm³/mol. The fourth-order valence-electron chi connectivity index (χ4n) is 2.00. The molecule has 0 heterocycles. The highest BCUT2D eigenvalue weighted by Crippen LogP contribution is 2.25. The molecule has 0 aliphatic rings. The Bertz CT molecular complexity index is 427. The quantitative estimate of drug-likeness (QED) is 0.703. The van der Waals surface area contributed by atoms with Crippen molar-refractivity contribution in [3.05, 3.63) is 23.8 Å². The fourth-order valence-corrected chi connectivity index (χ4v) is 2.00. The standard InChI is InChI=1S/C14H23N3O/c1-5-8-14(2,3)17-12-9-10(13(18)16-4)6-7-11(12)15/h6-7,9,17H,5,8,15H2,1-4H3,(H,16,18). The molecular formula is C14H23N3O. The number of amides is 1. The second-order valence-electron chi connectivity index (χ2n) is 5.14. The zero-order valence-corrected chi connectivity index (χ0v) is 11.6. The van der Waals surface area contributed by atoms with Crippen molar-refractivity contribution >= 4 is 17.3 Å². The number of rotatable bonds is 5. The van der Waals surface area contributed by atoms with Gasteiger partial charge in [-0.15, -0.1) is 0 Å². The summed E-state index contributed by atoms with van der Waals surface area (Å²) >= 11 is 0. The first-order valence-corrected chi connectivity index (χ1v) is 6.29. The van der Waals surface area contributed by atoms with Crippen molar-refractivity contribution in [3.63, 3.8) is 0 Å². The molecule has 0 aliphatic heterocycles. The van der Waals surface area contributed by atoms with Gasteiger partial charge in [-0.05, 0) is 38.5 Å². The summed E-state index contributed by atoms with van der Waals surface area (Å²) in [7, 11) is 1.62. The molecule has 1 aromatic rings. The van der Waals surface area contributed by atoms with Gasteiger partial charge in [0.2, 0.25) is 0 Å². The van der Waals surface area contributed by atoms with E-state index in [1.54, 1.807) is 25.2 Å². The summed E-state index contributed by atoms with van der Waals surface area (Å²) < 4.78 is 0. The van der Waals surface area contributed by atoms with Crippen LogP contribution in [0.4, 0.5) is 11.4 Å². The van der Waals surface area contributed by atoms with Gasteiger partial charge in [-0.3, -0.25) is 4.79 Å². The summed E-state index contributed by atoms with van der Waals surface area (Å²) in [4.78, 5) is 11.6. The van der Waals surface area contributed by atoms with Gasteiger partial charge in [-0.25, -0.2) is 0 Å². The molecule has 0 fully saturated rings. The average molecular weight is 249 g/mol. The number of carbonyl (C=O) groups excluding carboxylic acids is 1. The molecule has 0 saturated carbocycles. The van der Waals surface area contributed by atoms with E-state index in [4.69, 9.17) is 5.73 Å². The summed E-state index contributed by atoms with van der Waals surface area (Å²) in [5, 5.41) is 6.01. The first-order valence-electron chi connectivity index (χ1n) is 6.29. The zero-order valence-electron chi connectivity index (χ0n) is 11.6. The monoisotopic (exact) mass is 249 g/mol. The Morgan fingerprint density at radius 1 is 1.39 bits per heavy atom. The highest BCUT2D eigenvalue weighted by molar-refractivity contribution is 5.96. The van der Waals surface area contributed by atoms with Crippen molar-refractivity contribution in [1.82, 2.24) is 5.32 Å². The Hall–Kier alpha value is -1.71. The molecule has 0 saturated heterocycles. The third-order valence-electron chi connectivity index (χ3n) is 2.89. The molecule has 4 nitrogen and oxygen atoms in total. The highest BCUT2D eigenvalue weighted by atomic mass is 16.1. The molecule has 1 rings (SSSR count). The molecule has 4 N–H and O–H groups in total. The van der Waals surface area contributed by atoms with Crippen LogP contribution in [0.15, 0.2) is 18.2 Å². The molecule has 0 unspecified atom stereocenters. The lowest BCUT2D eigenvalue weighted by Gasteiger charge is -2.28. The molecule has 0 spiro atoms. The first-order chi connectivity index (χ1) is 8.39. The Kier molecular flexibility index (Phi) is 4.59. The number of hydrogen-bond acceptors (Lipinski definition) is 3. The Labute approximate surface area is 109 Å². The molecule has 1 amide bonds. The van der Waals surface area contributed by atoms with E-state index in [2.05, 4.69) is 31.4 Å². The molecule has 18 heavy (non-hydrogen) atoms. The highest BCUT2D eigenvalue weighted by Gasteiger charge is 2.18. The van der Waals surface area contributed by atoms with E-state index in [1.807, 2.05) is 0 Å². The summed E-state index contributed by atoms with van der Waals surface area (Å²) in [6.07, 6.45) is 2.13. The number of nitrogens with two attached hydrogens (primary N) is 1. The van der Waals surface area contributed by atoms with Gasteiger partial charge in [0.1, 0.15) is 0 Å². The van der Waals surface area contributed by atoms with Crippen LogP contribution in [0.5, 0.6) is 0 Å². The number of nitrogens with one attached hydrogen (secondary N) is 2. The number of carbonyl (C=O) groups is 1. The summed E-state index contributed by atoms with van der Waals surface area (Å²) in [5.41, 5.74) is 7.99. The molecule has 1 aromatic carbocycles. The van der Waals surface area contributed by atoms with Gasteiger partial charge >= 0.3 is 0 Å². The molecule has 0 bridgehead atoms. The van der Waals surface area contributed by atoms with Crippen LogP contribution in [0.3, 0.4) is 0 Å². The number of hydrogen-bond donors (Lipinski definition) is 3. The van der Waals surface area contributed by atoms with Gasteiger partial charge in [0, 0.05) is 18.2 Å². The summed E-state index contributed by atoms with van der Waals surface area (Å²) in [6.45, 7) is 6.40. The van der Waals surface area contributed by atoms with E-state index in [1.165, 1.54) is 0 Å². The smallest absolute Gasteiger partial charge is 0.251 e. The van der Waals surface area contributed by atoms with Crippen LogP contribution in [-0.2, 0) is 0 Å². The molecule has 4 heteroatoms. The molecule has 0 radical (unpaired) electrons. The third kappa shape index (κ3) is 3.65. The topological polar surface area (TPSA) is 67.2 Å². The lowest BCUT2D eigenvalue weighted by Crippen LogP contribution is -2.31. The van der Waals surface area contributed by atoms with Crippen molar-refractivity contribution in [2.75, 3.05) is 18.1 Å². The van der Waals surface area contributed by atoms with Crippen LogP contribution < -0.4 is 16.4 Å². The van der Waals surface area contributed by atoms with Crippen LogP contribution in [0.2, 0.25) is 0 Å². The maximum Gasteiger partial charge on any atom is 0.251 e. The van der Waals surface area contributed by atoms with Gasteiger partial charge in [-0.2, -0.15) is 0 Å². The van der Waals surface area contributed by atoms with E-state index in [0.717, 1.165) is 18.5 Å². The third-order valence-corrected chi connectivity index (χ3v) is 2.89. The van der Waals surface area contributed by atoms with E-state index in [-0.39, 0.29) is 11.4 Å². The van der Waals surface area contributed by atoms with Gasteiger partial charge < -0.3 is 16.4 Å². The SMILES string of the molecule is CCCC(C)(C)Nc1cc(C(=O)NC)ccc1N. The summed E-state index contributed by atoms with van der Waals surface area (Å²) in [6, 6.07) is 5.28. The lowest BCUT2D eigenvalue weighted by atomic mass is 9.98. The van der Waals surface area contributed by atoms with Crippen molar-refractivity contribution in [2.45, 2.75) is 39.2 Å². The number of nitrogen functional groups attached to an aromatic ring is 1. The lowest BCUT2D eigenvalue weighted by molar-refractivity contribution is 0.0963. The van der Waals surface area contributed by atoms with E-state index >= 15 is 0 Å². The maximum atomic E-state index is 11.6. The Morgan fingerprint density at radius 3 is 2.61 bits per heavy atom. The Morgan fingerprint density at radius 2 is 2.06 bits per heavy atom. The molecular weight excluding hydrogens is 226 g/mol. The van der Waals surface area contributed by atoms with Crippen LogP contribution in [0.25, 0.3) is 0 Å². The van der Waals surface area contributed by atoms with Crippen LogP contribution in [-0.4, -0.2) is 18.5 Å². The predicted octanol–water partition coefficient (Wildman–Crippen LogP) is 2.62. The summed E-state index contributed by atoms with van der Waals surface area (Å²) in [5.74, 6) is -0.105. The minimum atomic E-state index is -0.105. The van der Waals surface area contributed by atoms with Crippen LogP contribution in [0.1, 0.15) is 44.0 Å². The minimum Gasteiger partial charge on any atom is -0.397 e. The minimum absolute atomic E-state index is 0.0375. The Balaban J connectivity index is 2.97. The average Bonchev–Trinajstić information content (AvgIpc) is 2.30. The number of anilines is 2. The van der Waals surface area contributed by atoms with Crippen molar-refractivity contribution in [2.24, 2.45) is 0 Å². The van der Waals surface area contributed by atoms with Gasteiger partial charge in [0.15, 0.2) is 0 Å². The van der Waals surface area contributed by atoms with Gasteiger partial charge in [0.05, 0.1) is 11.4 Å². The first kappa shape index (κ1) is 14.4. The normalized spacial score (nSPS) is 11.1. The largest absolute Gasteiger partial charge is 0.397 e. The van der Waals surface area contributed by atoms with Crippen LogP contribution in [0, 0.1) is 0 Å². The fraction of sp³-hybridized carbons (Fsp3) is 0.500. The maximum absolute atomic E-state index is 11.6. The van der Waals surface area contributed by atoms with E-state index in [0.29, 0.717) is 11.3 Å². The van der Waals surface area contributed by atoms with Crippen molar-refractivity contribution < 1.29 is 4.79 Å². The van der Waals surface area contributed by atoms with Crippen LogP contribution >= 0.6 is 0 Å². The zero-order chi connectivity index (χ0) is 13.8. The van der Waals surface area contributed by atoms with E-state index in [9.17, 15) is 4.79 Å². The van der Waals surface area contributed by atoms with E-state index < -0.39 is 0 Å². The molecule has 0 aromatic heterocycles. The number of benzene rings is 1. The second-order valence-corrected chi connectivity index (χ2v) is 5.14. The van der Waals surface area contributed by atoms with Crippen molar-refractivity contribution in [1.29, 1.82) is 0 Å². The molecule has 100 valence electrons. The molecule has 0 atom stereocenters. The van der Waals surface area contributed by atoms with Crippen molar-refractivity contribution in [3.8, 4) is 0 Å². The second kappa shape index (κ2) is 5.76. The van der Waals surface area contributed by atoms with Gasteiger partial charge in [-0.1, -0.05) is 13.3 Å². The van der Waals surface area contributed by atoms with Gasteiger partial charge in [0.25, 0.3) is 5.91 Å². The molecule has 0 aliphatic carbocycles.